The molecule has 0 fully saturated rings. The highest BCUT2D eigenvalue weighted by Gasteiger charge is 2.23. The molecule has 1 aliphatic carbocycles. The summed E-state index contributed by atoms with van der Waals surface area (Å²) in [7, 11) is 0. The topological polar surface area (TPSA) is 0 Å². The number of rotatable bonds is 0. The quantitative estimate of drug-likeness (QED) is 0.279. The third kappa shape index (κ3) is 1.40. The van der Waals surface area contributed by atoms with E-state index in [0.29, 0.717) is 5.92 Å². The highest BCUT2D eigenvalue weighted by molar-refractivity contribution is 6.15. The molecule has 4 aromatic rings. The van der Waals surface area contributed by atoms with Crippen LogP contribution in [0.3, 0.4) is 0 Å². The van der Waals surface area contributed by atoms with Gasteiger partial charge in [0, 0.05) is 0 Å². The number of hydrogen-bond acceptors (Lipinski definition) is 0. The van der Waals surface area contributed by atoms with E-state index in [4.69, 9.17) is 0 Å². The van der Waals surface area contributed by atoms with Crippen molar-refractivity contribution in [3.05, 3.63) is 71.8 Å². The molecule has 0 amide bonds. The predicted molar refractivity (Wildman–Crippen MR) is 91.1 cm³/mol. The standard InChI is InChI=1S/C21H16/c1-13-11-15-6-4-7-16-12-19-17-8-3-2-5-14(17)9-10-18(19)20(13)21(15)16/h2-10,12-13H,11H2,1H3. The van der Waals surface area contributed by atoms with Gasteiger partial charge in [-0.3, -0.25) is 0 Å². The van der Waals surface area contributed by atoms with E-state index in [-0.39, 0.29) is 0 Å². The monoisotopic (exact) mass is 268 g/mol. The first-order chi connectivity index (χ1) is 10.3. The van der Waals surface area contributed by atoms with E-state index in [1.807, 2.05) is 0 Å². The summed E-state index contributed by atoms with van der Waals surface area (Å²) in [5.41, 5.74) is 3.08. The average molecular weight is 268 g/mol. The van der Waals surface area contributed by atoms with Gasteiger partial charge in [0.2, 0.25) is 0 Å². The van der Waals surface area contributed by atoms with Gasteiger partial charge in [-0.05, 0) is 61.8 Å². The zero-order valence-corrected chi connectivity index (χ0v) is 12.1. The summed E-state index contributed by atoms with van der Waals surface area (Å²) < 4.78 is 0. The van der Waals surface area contributed by atoms with E-state index in [0.717, 1.165) is 0 Å². The number of hydrogen-bond donors (Lipinski definition) is 0. The fourth-order valence-corrected chi connectivity index (χ4v) is 4.16. The maximum Gasteiger partial charge on any atom is -0.00961 e. The van der Waals surface area contributed by atoms with Crippen LogP contribution < -0.4 is 0 Å². The minimum atomic E-state index is 0.620. The molecule has 0 heterocycles. The first kappa shape index (κ1) is 11.3. The molecule has 0 saturated carbocycles. The molecule has 0 spiro atoms. The molecule has 0 aliphatic heterocycles. The van der Waals surface area contributed by atoms with Crippen molar-refractivity contribution in [1.29, 1.82) is 0 Å². The van der Waals surface area contributed by atoms with Crippen LogP contribution in [0.4, 0.5) is 0 Å². The minimum absolute atomic E-state index is 0.620. The van der Waals surface area contributed by atoms with Crippen LogP contribution in [0.5, 0.6) is 0 Å². The third-order valence-corrected chi connectivity index (χ3v) is 5.03. The Kier molecular flexibility index (Phi) is 2.08. The maximum absolute atomic E-state index is 2.39. The van der Waals surface area contributed by atoms with Gasteiger partial charge in [-0.15, -0.1) is 0 Å². The molecule has 0 aromatic heterocycles. The Hall–Kier alpha value is -2.34. The molecule has 21 heavy (non-hydrogen) atoms. The lowest BCUT2D eigenvalue weighted by atomic mass is 9.91. The predicted octanol–water partition coefficient (Wildman–Crippen LogP) is 5.81. The van der Waals surface area contributed by atoms with Gasteiger partial charge in [0.1, 0.15) is 0 Å². The van der Waals surface area contributed by atoms with Crippen molar-refractivity contribution in [2.45, 2.75) is 19.3 Å². The molecule has 1 unspecified atom stereocenters. The molecular formula is C21H16. The fourth-order valence-electron chi connectivity index (χ4n) is 4.16. The molecule has 1 aliphatic rings. The molecule has 0 bridgehead atoms. The van der Waals surface area contributed by atoms with E-state index in [9.17, 15) is 0 Å². The van der Waals surface area contributed by atoms with Gasteiger partial charge >= 0.3 is 0 Å². The summed E-state index contributed by atoms with van der Waals surface area (Å²) in [5.74, 6) is 0.620. The summed E-state index contributed by atoms with van der Waals surface area (Å²) >= 11 is 0. The minimum Gasteiger partial charge on any atom is -0.0616 e. The van der Waals surface area contributed by atoms with Crippen molar-refractivity contribution >= 4 is 32.3 Å². The lowest BCUT2D eigenvalue weighted by Gasteiger charge is -2.12. The number of benzene rings is 4. The molecule has 4 aromatic carbocycles. The van der Waals surface area contributed by atoms with Crippen LogP contribution in [-0.4, -0.2) is 0 Å². The Labute approximate surface area is 124 Å². The van der Waals surface area contributed by atoms with E-state index < -0.39 is 0 Å². The summed E-state index contributed by atoms with van der Waals surface area (Å²) in [4.78, 5) is 0. The Bertz CT molecular complexity index is 1020. The van der Waals surface area contributed by atoms with Crippen molar-refractivity contribution < 1.29 is 0 Å². The van der Waals surface area contributed by atoms with Crippen molar-refractivity contribution in [3.63, 3.8) is 0 Å². The lowest BCUT2D eigenvalue weighted by molar-refractivity contribution is 0.804. The van der Waals surface area contributed by atoms with Crippen LogP contribution in [0.1, 0.15) is 24.0 Å². The summed E-state index contributed by atoms with van der Waals surface area (Å²) in [6.45, 7) is 2.36. The van der Waals surface area contributed by atoms with Crippen molar-refractivity contribution in [2.24, 2.45) is 0 Å². The number of fused-ring (bicyclic) bond motifs is 4. The van der Waals surface area contributed by atoms with Crippen LogP contribution in [0.2, 0.25) is 0 Å². The SMILES string of the molecule is CC1Cc2cccc3cc4c(ccc5ccccc54)c1c23. The van der Waals surface area contributed by atoms with Crippen molar-refractivity contribution in [2.75, 3.05) is 0 Å². The van der Waals surface area contributed by atoms with Gasteiger partial charge < -0.3 is 0 Å². The smallest absolute Gasteiger partial charge is 0.00961 e. The Morgan fingerprint density at radius 2 is 1.62 bits per heavy atom. The van der Waals surface area contributed by atoms with E-state index >= 15 is 0 Å². The van der Waals surface area contributed by atoms with Crippen LogP contribution in [0, 0.1) is 0 Å². The van der Waals surface area contributed by atoms with Gasteiger partial charge in [0.15, 0.2) is 0 Å². The molecule has 0 N–H and O–H groups in total. The molecule has 0 heteroatoms. The lowest BCUT2D eigenvalue weighted by Crippen LogP contribution is -1.91. The van der Waals surface area contributed by atoms with Crippen molar-refractivity contribution in [3.8, 4) is 0 Å². The van der Waals surface area contributed by atoms with E-state index in [2.05, 4.69) is 67.6 Å². The molecule has 0 nitrogen and oxygen atoms in total. The molecule has 5 rings (SSSR count). The summed E-state index contributed by atoms with van der Waals surface area (Å²) in [6.07, 6.45) is 1.18. The third-order valence-electron chi connectivity index (χ3n) is 5.03. The average Bonchev–Trinajstić information content (AvgIpc) is 2.86. The second-order valence-electron chi connectivity index (χ2n) is 6.29. The Morgan fingerprint density at radius 1 is 0.762 bits per heavy atom. The molecule has 0 radical (unpaired) electrons. The van der Waals surface area contributed by atoms with Gasteiger partial charge in [0.25, 0.3) is 0 Å². The zero-order chi connectivity index (χ0) is 14.0. The van der Waals surface area contributed by atoms with Gasteiger partial charge in [-0.1, -0.05) is 61.5 Å². The van der Waals surface area contributed by atoms with Crippen LogP contribution in [0.15, 0.2) is 60.7 Å². The molecule has 0 saturated heterocycles. The maximum atomic E-state index is 2.39. The second-order valence-corrected chi connectivity index (χ2v) is 6.29. The van der Waals surface area contributed by atoms with Crippen LogP contribution >= 0.6 is 0 Å². The van der Waals surface area contributed by atoms with Crippen molar-refractivity contribution in [1.82, 2.24) is 0 Å². The Morgan fingerprint density at radius 3 is 2.57 bits per heavy atom. The second kappa shape index (κ2) is 3.85. The van der Waals surface area contributed by atoms with Gasteiger partial charge in [-0.2, -0.15) is 0 Å². The van der Waals surface area contributed by atoms with Crippen LogP contribution in [0.25, 0.3) is 32.3 Å². The van der Waals surface area contributed by atoms with Crippen LogP contribution in [-0.2, 0) is 6.42 Å². The molecule has 100 valence electrons. The summed E-state index contributed by atoms with van der Waals surface area (Å²) in [5, 5.41) is 8.46. The van der Waals surface area contributed by atoms with Gasteiger partial charge in [-0.25, -0.2) is 0 Å². The molecule has 1 atom stereocenters. The fraction of sp³-hybridized carbons (Fsp3) is 0.143. The highest BCUT2D eigenvalue weighted by atomic mass is 14.3. The molecular weight excluding hydrogens is 252 g/mol. The Balaban J connectivity index is 2.10. The largest absolute Gasteiger partial charge is 0.0616 e. The summed E-state index contributed by atoms with van der Waals surface area (Å²) in [6, 6.07) is 22.5. The van der Waals surface area contributed by atoms with E-state index in [1.54, 1.807) is 5.56 Å². The van der Waals surface area contributed by atoms with Gasteiger partial charge in [0.05, 0.1) is 0 Å². The zero-order valence-electron chi connectivity index (χ0n) is 12.1. The van der Waals surface area contributed by atoms with E-state index in [1.165, 1.54) is 44.3 Å². The normalized spacial score (nSPS) is 17.1. The first-order valence-corrected chi connectivity index (χ1v) is 7.69. The first-order valence-electron chi connectivity index (χ1n) is 7.69. The highest BCUT2D eigenvalue weighted by Crippen LogP contribution is 2.44.